The van der Waals surface area contributed by atoms with Gasteiger partial charge in [-0.3, -0.25) is 13.9 Å². The second kappa shape index (κ2) is 11.5. The Morgan fingerprint density at radius 1 is 1.18 bits per heavy atom. The minimum atomic E-state index is -3.54. The number of hydrogen-bond acceptors (Lipinski definition) is 5. The molecule has 2 aromatic carbocycles. The Bertz CT molecular complexity index is 1090. The summed E-state index contributed by atoms with van der Waals surface area (Å²) in [4.78, 5) is 25.1. The van der Waals surface area contributed by atoms with Gasteiger partial charge in [0.15, 0.2) is 0 Å². The molecule has 0 spiro atoms. The predicted molar refractivity (Wildman–Crippen MR) is 129 cm³/mol. The van der Waals surface area contributed by atoms with Crippen molar-refractivity contribution in [2.45, 2.75) is 31.8 Å². The van der Waals surface area contributed by atoms with Crippen LogP contribution in [-0.4, -0.2) is 52.3 Å². The molecule has 2 amide bonds. The van der Waals surface area contributed by atoms with Crippen molar-refractivity contribution in [3.8, 4) is 0 Å². The first kappa shape index (κ1) is 25.0. The topological polar surface area (TPSA) is 105 Å². The first-order chi connectivity index (χ1) is 15.7. The van der Waals surface area contributed by atoms with Gasteiger partial charge in [0.2, 0.25) is 15.9 Å². The lowest BCUT2D eigenvalue weighted by Gasteiger charge is -2.22. The zero-order valence-corrected chi connectivity index (χ0v) is 20.0. The summed E-state index contributed by atoms with van der Waals surface area (Å²) in [6.45, 7) is 1.25. The quantitative estimate of drug-likeness (QED) is 0.527. The molecule has 33 heavy (non-hydrogen) atoms. The number of hydrogen-bond donors (Lipinski definition) is 2. The number of amides is 2. The molecule has 10 heteroatoms. The van der Waals surface area contributed by atoms with Crippen molar-refractivity contribution in [3.63, 3.8) is 0 Å². The SMILES string of the molecule is CS(=O)(=O)N(CCCC(=O)Nc1ccccc1C(=O)NC[C@@H]1CCCO1)c1cccc(Cl)c1. The summed E-state index contributed by atoms with van der Waals surface area (Å²) in [6, 6.07) is 13.3. The third-order valence-electron chi connectivity index (χ3n) is 5.22. The Morgan fingerprint density at radius 3 is 2.67 bits per heavy atom. The van der Waals surface area contributed by atoms with Gasteiger partial charge >= 0.3 is 0 Å². The van der Waals surface area contributed by atoms with Crippen molar-refractivity contribution < 1.29 is 22.7 Å². The molecule has 3 rings (SSSR count). The molecule has 1 aliphatic rings. The molecular weight excluding hydrogens is 466 g/mol. The summed E-state index contributed by atoms with van der Waals surface area (Å²) < 4.78 is 31.2. The van der Waals surface area contributed by atoms with Crippen LogP contribution in [0.25, 0.3) is 0 Å². The summed E-state index contributed by atoms with van der Waals surface area (Å²) in [5, 5.41) is 6.04. The van der Waals surface area contributed by atoms with E-state index < -0.39 is 10.0 Å². The summed E-state index contributed by atoms with van der Waals surface area (Å²) in [5.74, 6) is -0.598. The van der Waals surface area contributed by atoms with Crippen LogP contribution < -0.4 is 14.9 Å². The number of rotatable bonds is 10. The minimum Gasteiger partial charge on any atom is -0.376 e. The average molecular weight is 494 g/mol. The lowest BCUT2D eigenvalue weighted by Crippen LogP contribution is -2.32. The van der Waals surface area contributed by atoms with E-state index in [4.69, 9.17) is 16.3 Å². The van der Waals surface area contributed by atoms with E-state index in [1.165, 1.54) is 4.31 Å². The van der Waals surface area contributed by atoms with Crippen molar-refractivity contribution in [2.75, 3.05) is 35.6 Å². The number of ether oxygens (including phenoxy) is 1. The van der Waals surface area contributed by atoms with Gasteiger partial charge in [-0.2, -0.15) is 0 Å². The molecule has 0 bridgehead atoms. The fourth-order valence-electron chi connectivity index (χ4n) is 3.61. The standard InChI is InChI=1S/C23H28ClN3O5S/c1-33(30,31)27(18-8-4-7-17(24)15-18)13-5-12-22(28)26-21-11-3-2-10-20(21)23(29)25-16-19-9-6-14-32-19/h2-4,7-8,10-11,15,19H,5-6,9,12-14,16H2,1H3,(H,25,29)(H,26,28)/t19-/m0/s1. The minimum absolute atomic E-state index is 0.0213. The van der Waals surface area contributed by atoms with Gasteiger partial charge in [-0.15, -0.1) is 0 Å². The van der Waals surface area contributed by atoms with Crippen LogP contribution in [0.1, 0.15) is 36.0 Å². The fourth-order valence-corrected chi connectivity index (χ4v) is 4.75. The summed E-state index contributed by atoms with van der Waals surface area (Å²) in [6.07, 6.45) is 3.41. The second-order valence-electron chi connectivity index (χ2n) is 7.86. The van der Waals surface area contributed by atoms with E-state index in [0.717, 1.165) is 19.1 Å². The Balaban J connectivity index is 1.56. The molecule has 1 fully saturated rings. The van der Waals surface area contributed by atoms with E-state index >= 15 is 0 Å². The van der Waals surface area contributed by atoms with E-state index in [1.54, 1.807) is 48.5 Å². The third kappa shape index (κ3) is 7.45. The van der Waals surface area contributed by atoms with Gasteiger partial charge in [0, 0.05) is 31.1 Å². The Kier molecular flexibility index (Phi) is 8.71. The van der Waals surface area contributed by atoms with Crippen LogP contribution in [0, 0.1) is 0 Å². The highest BCUT2D eigenvalue weighted by Crippen LogP contribution is 2.22. The predicted octanol–water partition coefficient (Wildman–Crippen LogP) is 3.43. The van der Waals surface area contributed by atoms with Crippen LogP contribution in [0.2, 0.25) is 5.02 Å². The largest absolute Gasteiger partial charge is 0.376 e. The normalized spacial score (nSPS) is 15.8. The van der Waals surface area contributed by atoms with Gasteiger partial charge in [-0.1, -0.05) is 29.8 Å². The van der Waals surface area contributed by atoms with E-state index in [0.29, 0.717) is 41.5 Å². The Hall–Kier alpha value is -2.62. The van der Waals surface area contributed by atoms with Crippen molar-refractivity contribution in [1.82, 2.24) is 5.32 Å². The zero-order valence-electron chi connectivity index (χ0n) is 18.4. The second-order valence-corrected chi connectivity index (χ2v) is 10.2. The number of carbonyl (C=O) groups is 2. The van der Waals surface area contributed by atoms with Gasteiger partial charge in [0.25, 0.3) is 5.91 Å². The number of sulfonamides is 1. The highest BCUT2D eigenvalue weighted by Gasteiger charge is 2.20. The number of para-hydroxylation sites is 1. The maximum atomic E-state index is 12.6. The lowest BCUT2D eigenvalue weighted by atomic mass is 10.1. The molecule has 0 aromatic heterocycles. The smallest absolute Gasteiger partial charge is 0.253 e. The van der Waals surface area contributed by atoms with E-state index in [-0.39, 0.29) is 30.9 Å². The van der Waals surface area contributed by atoms with Crippen molar-refractivity contribution in [1.29, 1.82) is 0 Å². The summed E-state index contributed by atoms with van der Waals surface area (Å²) >= 11 is 5.99. The molecule has 0 radical (unpaired) electrons. The third-order valence-corrected chi connectivity index (χ3v) is 6.65. The first-order valence-electron chi connectivity index (χ1n) is 10.8. The van der Waals surface area contributed by atoms with E-state index in [1.807, 2.05) is 0 Å². The van der Waals surface area contributed by atoms with Gasteiger partial charge in [0.05, 0.1) is 29.3 Å². The molecule has 1 saturated heterocycles. The zero-order chi connectivity index (χ0) is 23.8. The Morgan fingerprint density at radius 2 is 1.97 bits per heavy atom. The molecule has 1 heterocycles. The van der Waals surface area contributed by atoms with Gasteiger partial charge in [0.1, 0.15) is 0 Å². The molecule has 1 atom stereocenters. The van der Waals surface area contributed by atoms with Gasteiger partial charge in [-0.05, 0) is 49.6 Å². The number of carbonyl (C=O) groups excluding carboxylic acids is 2. The molecule has 0 unspecified atom stereocenters. The molecule has 2 aromatic rings. The van der Waals surface area contributed by atoms with Crippen molar-refractivity contribution in [2.24, 2.45) is 0 Å². The molecule has 2 N–H and O–H groups in total. The van der Waals surface area contributed by atoms with E-state index in [9.17, 15) is 18.0 Å². The molecule has 8 nitrogen and oxygen atoms in total. The van der Waals surface area contributed by atoms with Gasteiger partial charge in [-0.25, -0.2) is 8.42 Å². The maximum Gasteiger partial charge on any atom is 0.253 e. The van der Waals surface area contributed by atoms with Crippen LogP contribution in [0.15, 0.2) is 48.5 Å². The highest BCUT2D eigenvalue weighted by atomic mass is 35.5. The fraction of sp³-hybridized carbons (Fsp3) is 0.391. The van der Waals surface area contributed by atoms with Crippen molar-refractivity contribution >= 4 is 44.8 Å². The molecular formula is C23H28ClN3O5S. The van der Waals surface area contributed by atoms with Crippen molar-refractivity contribution in [3.05, 3.63) is 59.1 Å². The monoisotopic (exact) mass is 493 g/mol. The van der Waals surface area contributed by atoms with Crippen LogP contribution in [0.3, 0.4) is 0 Å². The van der Waals surface area contributed by atoms with Crippen LogP contribution in [-0.2, 0) is 19.6 Å². The average Bonchev–Trinajstić information content (AvgIpc) is 3.28. The van der Waals surface area contributed by atoms with Crippen LogP contribution in [0.5, 0.6) is 0 Å². The highest BCUT2D eigenvalue weighted by molar-refractivity contribution is 7.92. The molecule has 0 aliphatic carbocycles. The molecule has 1 aliphatic heterocycles. The molecule has 0 saturated carbocycles. The lowest BCUT2D eigenvalue weighted by molar-refractivity contribution is -0.116. The summed E-state index contributed by atoms with van der Waals surface area (Å²) in [5.41, 5.74) is 1.21. The number of nitrogens with zero attached hydrogens (tertiary/aromatic N) is 1. The number of halogens is 1. The van der Waals surface area contributed by atoms with Crippen LogP contribution in [0.4, 0.5) is 11.4 Å². The Labute approximate surface area is 199 Å². The number of benzene rings is 2. The maximum absolute atomic E-state index is 12.6. The number of nitrogens with one attached hydrogen (secondary N) is 2. The van der Waals surface area contributed by atoms with Crippen LogP contribution >= 0.6 is 11.6 Å². The number of anilines is 2. The summed E-state index contributed by atoms with van der Waals surface area (Å²) in [7, 11) is -3.54. The van der Waals surface area contributed by atoms with E-state index in [2.05, 4.69) is 10.6 Å². The molecule has 178 valence electrons. The van der Waals surface area contributed by atoms with Gasteiger partial charge < -0.3 is 15.4 Å². The first-order valence-corrected chi connectivity index (χ1v) is 13.0.